The first-order valence-electron chi connectivity index (χ1n) is 7.88. The average molecular weight is 356 g/mol. The molecule has 0 saturated carbocycles. The minimum atomic E-state index is -0.0480. The van der Waals surface area contributed by atoms with Gasteiger partial charge in [-0.25, -0.2) is 0 Å². The molecule has 1 unspecified atom stereocenters. The molecule has 0 spiro atoms. The lowest BCUT2D eigenvalue weighted by Crippen LogP contribution is -2.31. The van der Waals surface area contributed by atoms with Crippen molar-refractivity contribution in [2.24, 2.45) is 5.92 Å². The van der Waals surface area contributed by atoms with Gasteiger partial charge in [-0.1, -0.05) is 41.9 Å². The molecule has 1 rings (SSSR count). The smallest absolute Gasteiger partial charge is 0.0598 e. The molecule has 3 heteroatoms. The Kier molecular flexibility index (Phi) is 7.93. The van der Waals surface area contributed by atoms with E-state index in [2.05, 4.69) is 80.1 Å². The SMILES string of the molecule is CC(C)NCC(CCOC(C)(C)C)Cc1ccc(Br)cc1. The van der Waals surface area contributed by atoms with E-state index in [0.717, 1.165) is 30.5 Å². The van der Waals surface area contributed by atoms with Gasteiger partial charge in [-0.15, -0.1) is 0 Å². The summed E-state index contributed by atoms with van der Waals surface area (Å²) in [4.78, 5) is 0. The quantitative estimate of drug-likeness (QED) is 0.722. The van der Waals surface area contributed by atoms with Gasteiger partial charge in [-0.2, -0.15) is 0 Å². The molecule has 0 aliphatic rings. The fourth-order valence-electron chi connectivity index (χ4n) is 2.16. The van der Waals surface area contributed by atoms with Gasteiger partial charge in [0.2, 0.25) is 0 Å². The van der Waals surface area contributed by atoms with E-state index in [-0.39, 0.29) is 5.60 Å². The number of hydrogen-bond acceptors (Lipinski definition) is 2. The minimum Gasteiger partial charge on any atom is -0.376 e. The summed E-state index contributed by atoms with van der Waals surface area (Å²) < 4.78 is 7.03. The molecule has 0 bridgehead atoms. The lowest BCUT2D eigenvalue weighted by molar-refractivity contribution is -0.00927. The summed E-state index contributed by atoms with van der Waals surface area (Å²) in [5.74, 6) is 0.607. The monoisotopic (exact) mass is 355 g/mol. The van der Waals surface area contributed by atoms with Gasteiger partial charge in [0.1, 0.15) is 0 Å². The van der Waals surface area contributed by atoms with Crippen molar-refractivity contribution < 1.29 is 4.74 Å². The van der Waals surface area contributed by atoms with Crippen LogP contribution in [0.2, 0.25) is 0 Å². The first-order valence-corrected chi connectivity index (χ1v) is 8.67. The van der Waals surface area contributed by atoms with Gasteiger partial charge < -0.3 is 10.1 Å². The van der Waals surface area contributed by atoms with Crippen molar-refractivity contribution in [3.05, 3.63) is 34.3 Å². The Bertz CT molecular complexity index is 395. The Morgan fingerprint density at radius 2 is 1.76 bits per heavy atom. The van der Waals surface area contributed by atoms with Crippen LogP contribution in [-0.2, 0) is 11.2 Å². The number of ether oxygens (including phenoxy) is 1. The van der Waals surface area contributed by atoms with Crippen LogP contribution in [0.3, 0.4) is 0 Å². The Morgan fingerprint density at radius 1 is 1.14 bits per heavy atom. The number of benzene rings is 1. The predicted molar refractivity (Wildman–Crippen MR) is 94.8 cm³/mol. The summed E-state index contributed by atoms with van der Waals surface area (Å²) in [6.45, 7) is 12.6. The van der Waals surface area contributed by atoms with E-state index < -0.39 is 0 Å². The van der Waals surface area contributed by atoms with Crippen molar-refractivity contribution in [1.29, 1.82) is 0 Å². The lowest BCUT2D eigenvalue weighted by atomic mass is 9.96. The first kappa shape index (κ1) is 18.7. The van der Waals surface area contributed by atoms with E-state index in [1.165, 1.54) is 5.56 Å². The van der Waals surface area contributed by atoms with Gasteiger partial charge in [0.15, 0.2) is 0 Å². The zero-order chi connectivity index (χ0) is 15.9. The molecule has 0 radical (unpaired) electrons. The van der Waals surface area contributed by atoms with Crippen molar-refractivity contribution in [3.63, 3.8) is 0 Å². The molecule has 0 fully saturated rings. The Labute approximate surface area is 138 Å². The zero-order valence-corrected chi connectivity index (χ0v) is 15.7. The Balaban J connectivity index is 2.52. The van der Waals surface area contributed by atoms with Crippen molar-refractivity contribution in [2.45, 2.75) is 59.1 Å². The number of nitrogens with one attached hydrogen (secondary N) is 1. The predicted octanol–water partition coefficient (Wildman–Crippen LogP) is 4.81. The van der Waals surface area contributed by atoms with Gasteiger partial charge in [0, 0.05) is 17.1 Å². The van der Waals surface area contributed by atoms with Gasteiger partial charge in [-0.05, 0) is 63.8 Å². The molecule has 0 saturated heterocycles. The Hall–Kier alpha value is -0.380. The standard InChI is InChI=1S/C18H30BrNO/c1-14(2)20-13-16(10-11-21-18(3,4)5)12-15-6-8-17(19)9-7-15/h6-9,14,16,20H,10-13H2,1-5H3. The van der Waals surface area contributed by atoms with Gasteiger partial charge in [0.25, 0.3) is 0 Å². The maximum absolute atomic E-state index is 5.89. The highest BCUT2D eigenvalue weighted by molar-refractivity contribution is 9.10. The number of halogens is 1. The summed E-state index contributed by atoms with van der Waals surface area (Å²) in [6, 6.07) is 9.18. The van der Waals surface area contributed by atoms with E-state index in [0.29, 0.717) is 12.0 Å². The van der Waals surface area contributed by atoms with Crippen LogP contribution >= 0.6 is 15.9 Å². The maximum atomic E-state index is 5.89. The third-order valence-corrected chi connectivity index (χ3v) is 3.84. The van der Waals surface area contributed by atoms with E-state index >= 15 is 0 Å². The van der Waals surface area contributed by atoms with E-state index in [9.17, 15) is 0 Å². The summed E-state index contributed by atoms with van der Waals surface area (Å²) >= 11 is 3.49. The second kappa shape index (κ2) is 8.92. The summed E-state index contributed by atoms with van der Waals surface area (Å²) in [7, 11) is 0. The molecule has 0 aromatic heterocycles. The zero-order valence-electron chi connectivity index (χ0n) is 14.1. The molecule has 0 aliphatic heterocycles. The van der Waals surface area contributed by atoms with E-state index in [1.54, 1.807) is 0 Å². The topological polar surface area (TPSA) is 21.3 Å². The second-order valence-corrected chi connectivity index (χ2v) is 7.92. The van der Waals surface area contributed by atoms with Crippen LogP contribution < -0.4 is 5.32 Å². The van der Waals surface area contributed by atoms with Crippen LogP contribution in [-0.4, -0.2) is 24.8 Å². The molecule has 120 valence electrons. The highest BCUT2D eigenvalue weighted by Crippen LogP contribution is 2.17. The molecular formula is C18H30BrNO. The van der Waals surface area contributed by atoms with Crippen LogP contribution in [0.1, 0.15) is 46.6 Å². The normalized spacial score (nSPS) is 13.7. The maximum Gasteiger partial charge on any atom is 0.0598 e. The first-order chi connectivity index (χ1) is 9.76. The van der Waals surface area contributed by atoms with Crippen LogP contribution in [0, 0.1) is 5.92 Å². The van der Waals surface area contributed by atoms with E-state index in [1.807, 2.05) is 0 Å². The van der Waals surface area contributed by atoms with Crippen molar-refractivity contribution in [1.82, 2.24) is 5.32 Å². The molecule has 0 aliphatic carbocycles. The number of hydrogen-bond donors (Lipinski definition) is 1. The van der Waals surface area contributed by atoms with Gasteiger partial charge in [-0.3, -0.25) is 0 Å². The highest BCUT2D eigenvalue weighted by Gasteiger charge is 2.14. The summed E-state index contributed by atoms with van der Waals surface area (Å²) in [5, 5.41) is 3.56. The molecule has 1 aromatic rings. The Morgan fingerprint density at radius 3 is 2.29 bits per heavy atom. The third-order valence-electron chi connectivity index (χ3n) is 3.31. The highest BCUT2D eigenvalue weighted by atomic mass is 79.9. The van der Waals surface area contributed by atoms with E-state index in [4.69, 9.17) is 4.74 Å². The molecular weight excluding hydrogens is 326 g/mol. The molecule has 0 amide bonds. The summed E-state index contributed by atoms with van der Waals surface area (Å²) in [6.07, 6.45) is 2.19. The minimum absolute atomic E-state index is 0.0480. The lowest BCUT2D eigenvalue weighted by Gasteiger charge is -2.23. The van der Waals surface area contributed by atoms with Crippen LogP contribution in [0.25, 0.3) is 0 Å². The molecule has 1 atom stereocenters. The molecule has 1 N–H and O–H groups in total. The number of rotatable bonds is 8. The van der Waals surface area contributed by atoms with Gasteiger partial charge >= 0.3 is 0 Å². The molecule has 2 nitrogen and oxygen atoms in total. The fraction of sp³-hybridized carbons (Fsp3) is 0.667. The average Bonchev–Trinajstić information content (AvgIpc) is 2.36. The summed E-state index contributed by atoms with van der Waals surface area (Å²) in [5.41, 5.74) is 1.35. The molecule has 1 aromatic carbocycles. The third kappa shape index (κ3) is 9.28. The molecule has 21 heavy (non-hydrogen) atoms. The van der Waals surface area contributed by atoms with Crippen molar-refractivity contribution in [2.75, 3.05) is 13.2 Å². The van der Waals surface area contributed by atoms with Crippen LogP contribution in [0.15, 0.2) is 28.7 Å². The van der Waals surface area contributed by atoms with Gasteiger partial charge in [0.05, 0.1) is 5.60 Å². The molecule has 0 heterocycles. The van der Waals surface area contributed by atoms with Crippen LogP contribution in [0.5, 0.6) is 0 Å². The fourth-order valence-corrected chi connectivity index (χ4v) is 2.43. The van der Waals surface area contributed by atoms with Crippen LogP contribution in [0.4, 0.5) is 0 Å². The largest absolute Gasteiger partial charge is 0.376 e. The van der Waals surface area contributed by atoms with Crippen molar-refractivity contribution >= 4 is 15.9 Å². The second-order valence-electron chi connectivity index (χ2n) is 7.01. The van der Waals surface area contributed by atoms with Crippen molar-refractivity contribution in [3.8, 4) is 0 Å².